The Balaban J connectivity index is 2.92. The molecule has 2 N–H and O–H groups in total. The van der Waals surface area contributed by atoms with Gasteiger partial charge >= 0.3 is 18.0 Å². The predicted octanol–water partition coefficient (Wildman–Crippen LogP) is 1.86. The lowest BCUT2D eigenvalue weighted by atomic mass is 10.1. The molecule has 0 spiro atoms. The maximum atomic E-state index is 13.7. The third kappa shape index (κ3) is 4.18. The first kappa shape index (κ1) is 17.4. The molecule has 22 heavy (non-hydrogen) atoms. The number of nitrogens with zero attached hydrogens (tertiary/aromatic N) is 1. The molecule has 120 valence electrons. The van der Waals surface area contributed by atoms with Gasteiger partial charge in [-0.15, -0.1) is 0 Å². The largest absolute Gasteiger partial charge is 0.481 e. The number of hydrogen-bond acceptors (Lipinski definition) is 4. The normalized spacial score (nSPS) is 10.0. The highest BCUT2D eigenvalue weighted by Crippen LogP contribution is 2.23. The molecule has 0 fully saturated rings. The molecule has 1 aromatic carbocycles. The number of urea groups is 1. The Labute approximate surface area is 126 Å². The van der Waals surface area contributed by atoms with Crippen LogP contribution in [-0.2, 0) is 9.53 Å². The van der Waals surface area contributed by atoms with E-state index in [-0.39, 0.29) is 29.8 Å². The van der Waals surface area contributed by atoms with Gasteiger partial charge in [-0.1, -0.05) is 0 Å². The van der Waals surface area contributed by atoms with E-state index in [4.69, 9.17) is 5.11 Å². The number of halogens is 1. The average Bonchev–Trinajstić information content (AvgIpc) is 2.47. The molecule has 2 amide bonds. The van der Waals surface area contributed by atoms with Crippen molar-refractivity contribution in [2.45, 2.75) is 13.3 Å². The number of aliphatic carboxylic acids is 1. The van der Waals surface area contributed by atoms with Gasteiger partial charge in [-0.2, -0.15) is 0 Å². The summed E-state index contributed by atoms with van der Waals surface area (Å²) >= 11 is 0. The summed E-state index contributed by atoms with van der Waals surface area (Å²) in [6, 6.07) is 1.80. The molecule has 0 aliphatic rings. The Bertz CT molecular complexity index is 603. The van der Waals surface area contributed by atoms with Gasteiger partial charge in [-0.05, 0) is 24.6 Å². The third-order valence-corrected chi connectivity index (χ3v) is 3.05. The summed E-state index contributed by atoms with van der Waals surface area (Å²) in [6.07, 6.45) is -0.195. The Morgan fingerprint density at radius 3 is 2.55 bits per heavy atom. The summed E-state index contributed by atoms with van der Waals surface area (Å²) in [5, 5.41) is 11.1. The lowest BCUT2D eigenvalue weighted by molar-refractivity contribution is -0.137. The number of carbonyl (C=O) groups is 3. The number of carboxylic acids is 1. The van der Waals surface area contributed by atoms with E-state index >= 15 is 0 Å². The first-order chi connectivity index (χ1) is 10.3. The quantitative estimate of drug-likeness (QED) is 0.809. The highest BCUT2D eigenvalue weighted by Gasteiger charge is 2.19. The molecule has 8 heteroatoms. The van der Waals surface area contributed by atoms with Crippen molar-refractivity contribution in [3.05, 3.63) is 29.1 Å². The summed E-state index contributed by atoms with van der Waals surface area (Å²) in [5.41, 5.74) is 0.217. The zero-order chi connectivity index (χ0) is 16.9. The molecule has 0 atom stereocenters. The number of rotatable bonds is 5. The fourth-order valence-corrected chi connectivity index (χ4v) is 1.74. The highest BCUT2D eigenvalue weighted by atomic mass is 19.1. The van der Waals surface area contributed by atoms with E-state index in [1.807, 2.05) is 0 Å². The Kier molecular flexibility index (Phi) is 5.85. The molecule has 0 heterocycles. The number of benzene rings is 1. The fourth-order valence-electron chi connectivity index (χ4n) is 1.74. The van der Waals surface area contributed by atoms with Crippen molar-refractivity contribution in [2.24, 2.45) is 0 Å². The molecule has 1 rings (SSSR count). The van der Waals surface area contributed by atoms with E-state index in [0.29, 0.717) is 0 Å². The summed E-state index contributed by atoms with van der Waals surface area (Å²) in [6.45, 7) is 1.49. The highest BCUT2D eigenvalue weighted by molar-refractivity contribution is 5.96. The number of esters is 1. The fraction of sp³-hybridized carbons (Fsp3) is 0.357. The summed E-state index contributed by atoms with van der Waals surface area (Å²) in [7, 11) is 2.56. The zero-order valence-corrected chi connectivity index (χ0v) is 12.5. The van der Waals surface area contributed by atoms with E-state index in [1.54, 1.807) is 0 Å². The Morgan fingerprint density at radius 2 is 2.00 bits per heavy atom. The number of hydrogen-bond donors (Lipinski definition) is 2. The molecule has 0 aliphatic heterocycles. The van der Waals surface area contributed by atoms with Gasteiger partial charge in [-0.3, -0.25) is 4.79 Å². The molecule has 1 aromatic rings. The average molecular weight is 312 g/mol. The lowest BCUT2D eigenvalue weighted by Gasteiger charge is -2.18. The Morgan fingerprint density at radius 1 is 1.36 bits per heavy atom. The number of ether oxygens (including phenoxy) is 1. The topological polar surface area (TPSA) is 95.9 Å². The summed E-state index contributed by atoms with van der Waals surface area (Å²) in [5.74, 6) is -2.61. The van der Waals surface area contributed by atoms with Crippen LogP contribution in [0.1, 0.15) is 22.3 Å². The smallest absolute Gasteiger partial charge is 0.341 e. The second-order valence-corrected chi connectivity index (χ2v) is 4.58. The van der Waals surface area contributed by atoms with Crippen molar-refractivity contribution in [1.29, 1.82) is 0 Å². The molecule has 0 aliphatic carbocycles. The van der Waals surface area contributed by atoms with Crippen LogP contribution in [0, 0.1) is 12.7 Å². The SMILES string of the molecule is COC(=O)c1c(F)ccc(NC(=O)N(C)CCC(=O)O)c1C. The second kappa shape index (κ2) is 7.39. The van der Waals surface area contributed by atoms with Crippen LogP contribution < -0.4 is 5.32 Å². The van der Waals surface area contributed by atoms with Gasteiger partial charge < -0.3 is 20.1 Å². The van der Waals surface area contributed by atoms with Crippen LogP contribution in [0.15, 0.2) is 12.1 Å². The predicted molar refractivity (Wildman–Crippen MR) is 76.4 cm³/mol. The number of methoxy groups -OCH3 is 1. The number of nitrogens with one attached hydrogen (secondary N) is 1. The van der Waals surface area contributed by atoms with Crippen molar-refractivity contribution in [2.75, 3.05) is 26.0 Å². The maximum absolute atomic E-state index is 13.7. The van der Waals surface area contributed by atoms with E-state index < -0.39 is 23.8 Å². The van der Waals surface area contributed by atoms with Crippen molar-refractivity contribution in [3.8, 4) is 0 Å². The van der Waals surface area contributed by atoms with Crippen LogP contribution in [0.25, 0.3) is 0 Å². The molecule has 0 saturated carbocycles. The van der Waals surface area contributed by atoms with Gasteiger partial charge in [0, 0.05) is 19.3 Å². The minimum Gasteiger partial charge on any atom is -0.481 e. The lowest BCUT2D eigenvalue weighted by Crippen LogP contribution is -2.33. The maximum Gasteiger partial charge on any atom is 0.341 e. The minimum absolute atomic E-state index is 0.0191. The standard InChI is InChI=1S/C14H17FN2O5/c1-8-10(5-4-9(15)12(8)13(20)22-3)16-14(21)17(2)7-6-11(18)19/h4-5H,6-7H2,1-3H3,(H,16,21)(H,18,19). The second-order valence-electron chi connectivity index (χ2n) is 4.58. The van der Waals surface area contributed by atoms with Crippen LogP contribution in [0.2, 0.25) is 0 Å². The number of carboxylic acid groups (broad SMARTS) is 1. The summed E-state index contributed by atoms with van der Waals surface area (Å²) in [4.78, 5) is 35.1. The van der Waals surface area contributed by atoms with Crippen molar-refractivity contribution in [1.82, 2.24) is 4.90 Å². The van der Waals surface area contributed by atoms with E-state index in [1.165, 1.54) is 24.9 Å². The van der Waals surface area contributed by atoms with E-state index in [0.717, 1.165) is 13.2 Å². The molecule has 0 bridgehead atoms. The van der Waals surface area contributed by atoms with Crippen molar-refractivity contribution in [3.63, 3.8) is 0 Å². The zero-order valence-electron chi connectivity index (χ0n) is 12.5. The van der Waals surface area contributed by atoms with Crippen LogP contribution >= 0.6 is 0 Å². The van der Waals surface area contributed by atoms with Crippen molar-refractivity contribution < 1.29 is 28.6 Å². The third-order valence-electron chi connectivity index (χ3n) is 3.05. The monoisotopic (exact) mass is 312 g/mol. The molecule has 0 unspecified atom stereocenters. The van der Waals surface area contributed by atoms with Gasteiger partial charge in [0.1, 0.15) is 11.4 Å². The molecular formula is C14H17FN2O5. The van der Waals surface area contributed by atoms with Crippen LogP contribution in [0.5, 0.6) is 0 Å². The summed E-state index contributed by atoms with van der Waals surface area (Å²) < 4.78 is 18.2. The van der Waals surface area contributed by atoms with Crippen LogP contribution in [0.3, 0.4) is 0 Å². The minimum atomic E-state index is -1.02. The Hall–Kier alpha value is -2.64. The van der Waals surface area contributed by atoms with Gasteiger partial charge in [0.25, 0.3) is 0 Å². The molecule has 7 nitrogen and oxygen atoms in total. The molecule has 0 saturated heterocycles. The number of carbonyl (C=O) groups excluding carboxylic acids is 2. The first-order valence-electron chi connectivity index (χ1n) is 6.39. The number of amides is 2. The molecular weight excluding hydrogens is 295 g/mol. The van der Waals surface area contributed by atoms with Crippen molar-refractivity contribution >= 4 is 23.7 Å². The van der Waals surface area contributed by atoms with Gasteiger partial charge in [0.05, 0.1) is 13.5 Å². The van der Waals surface area contributed by atoms with Gasteiger partial charge in [0.15, 0.2) is 0 Å². The van der Waals surface area contributed by atoms with E-state index in [9.17, 15) is 18.8 Å². The van der Waals surface area contributed by atoms with Gasteiger partial charge in [0.2, 0.25) is 0 Å². The number of anilines is 1. The molecule has 0 radical (unpaired) electrons. The van der Waals surface area contributed by atoms with Crippen LogP contribution in [0.4, 0.5) is 14.9 Å². The van der Waals surface area contributed by atoms with Crippen LogP contribution in [-0.4, -0.2) is 48.7 Å². The van der Waals surface area contributed by atoms with Gasteiger partial charge in [-0.25, -0.2) is 14.0 Å². The first-order valence-corrected chi connectivity index (χ1v) is 6.39. The van der Waals surface area contributed by atoms with E-state index in [2.05, 4.69) is 10.1 Å². The molecule has 0 aromatic heterocycles.